The number of pyridine rings is 1. The van der Waals surface area contributed by atoms with Crippen molar-refractivity contribution in [3.05, 3.63) is 60.3 Å². The van der Waals surface area contributed by atoms with Crippen LogP contribution in [0.25, 0.3) is 22.0 Å². The molecule has 26 heavy (non-hydrogen) atoms. The molecule has 2 aromatic carbocycles. The number of para-hydroxylation sites is 1. The molecule has 0 aliphatic carbocycles. The van der Waals surface area contributed by atoms with Crippen LogP contribution in [0.2, 0.25) is 0 Å². The van der Waals surface area contributed by atoms with Crippen molar-refractivity contribution in [3.8, 4) is 16.9 Å². The van der Waals surface area contributed by atoms with Crippen LogP contribution in [0.1, 0.15) is 16.8 Å². The first kappa shape index (κ1) is 16.5. The van der Waals surface area contributed by atoms with Gasteiger partial charge in [0.25, 0.3) is 0 Å². The highest BCUT2D eigenvalue weighted by Gasteiger charge is 2.18. The molecule has 0 bridgehead atoms. The predicted molar refractivity (Wildman–Crippen MR) is 98.6 cm³/mol. The van der Waals surface area contributed by atoms with Gasteiger partial charge in [0.15, 0.2) is 0 Å². The van der Waals surface area contributed by atoms with Crippen LogP contribution < -0.4 is 4.74 Å². The molecule has 1 aliphatic heterocycles. The van der Waals surface area contributed by atoms with Gasteiger partial charge in [-0.25, -0.2) is 4.79 Å². The molecule has 4 rings (SSSR count). The Labute approximate surface area is 151 Å². The SMILES string of the molecule is O=C(O)c1cc(-c2ccccc2OCC2CCOC2)cc2cccnc12. The van der Waals surface area contributed by atoms with Crippen molar-refractivity contribution in [2.45, 2.75) is 6.42 Å². The molecule has 1 atom stereocenters. The van der Waals surface area contributed by atoms with Gasteiger partial charge in [0.2, 0.25) is 0 Å². The van der Waals surface area contributed by atoms with Crippen molar-refractivity contribution in [2.24, 2.45) is 5.92 Å². The summed E-state index contributed by atoms with van der Waals surface area (Å²) in [5, 5.41) is 10.4. The van der Waals surface area contributed by atoms with E-state index in [2.05, 4.69) is 4.98 Å². The van der Waals surface area contributed by atoms with Gasteiger partial charge in [0.1, 0.15) is 5.75 Å². The third kappa shape index (κ3) is 3.26. The lowest BCUT2D eigenvalue weighted by Gasteiger charge is -2.15. The number of aromatic carboxylic acids is 1. The topological polar surface area (TPSA) is 68.7 Å². The molecule has 5 nitrogen and oxygen atoms in total. The number of nitrogens with zero attached hydrogens (tertiary/aromatic N) is 1. The molecule has 1 fully saturated rings. The summed E-state index contributed by atoms with van der Waals surface area (Å²) in [6, 6.07) is 15.0. The first-order valence-electron chi connectivity index (χ1n) is 8.64. The van der Waals surface area contributed by atoms with E-state index in [4.69, 9.17) is 9.47 Å². The zero-order chi connectivity index (χ0) is 17.9. The summed E-state index contributed by atoms with van der Waals surface area (Å²) in [5.41, 5.74) is 2.36. The summed E-state index contributed by atoms with van der Waals surface area (Å²) in [5.74, 6) is 0.162. The number of carboxylic acid groups (broad SMARTS) is 1. The zero-order valence-electron chi connectivity index (χ0n) is 14.2. The van der Waals surface area contributed by atoms with Gasteiger partial charge in [-0.1, -0.05) is 24.3 Å². The van der Waals surface area contributed by atoms with Crippen LogP contribution in [0, 0.1) is 5.92 Å². The van der Waals surface area contributed by atoms with Gasteiger partial charge in [0.05, 0.1) is 24.3 Å². The third-order valence-electron chi connectivity index (χ3n) is 4.63. The number of carboxylic acids is 1. The summed E-state index contributed by atoms with van der Waals surface area (Å²) in [7, 11) is 0. The highest BCUT2D eigenvalue weighted by Crippen LogP contribution is 2.33. The van der Waals surface area contributed by atoms with Crippen LogP contribution >= 0.6 is 0 Å². The second-order valence-corrected chi connectivity index (χ2v) is 6.44. The Morgan fingerprint density at radius 2 is 2.12 bits per heavy atom. The lowest BCUT2D eigenvalue weighted by molar-refractivity contribution is 0.0699. The lowest BCUT2D eigenvalue weighted by atomic mass is 9.98. The maximum absolute atomic E-state index is 11.7. The number of carbonyl (C=O) groups is 1. The minimum absolute atomic E-state index is 0.192. The van der Waals surface area contributed by atoms with Crippen molar-refractivity contribution in [1.29, 1.82) is 0 Å². The standard InChI is InChI=1S/C21H19NO4/c23-21(24)18-11-16(10-15-4-3-8-22-20(15)18)17-5-1-2-6-19(17)26-13-14-7-9-25-12-14/h1-6,8,10-11,14H,7,9,12-13H2,(H,23,24). The summed E-state index contributed by atoms with van der Waals surface area (Å²) >= 11 is 0. The van der Waals surface area contributed by atoms with Crippen molar-refractivity contribution in [1.82, 2.24) is 4.98 Å². The Hall–Kier alpha value is -2.92. The quantitative estimate of drug-likeness (QED) is 0.753. The summed E-state index contributed by atoms with van der Waals surface area (Å²) in [6.45, 7) is 2.11. The van der Waals surface area contributed by atoms with Crippen LogP contribution in [0.5, 0.6) is 5.75 Å². The van der Waals surface area contributed by atoms with E-state index in [1.807, 2.05) is 36.4 Å². The van der Waals surface area contributed by atoms with E-state index in [0.29, 0.717) is 18.0 Å². The Morgan fingerprint density at radius 3 is 2.92 bits per heavy atom. The van der Waals surface area contributed by atoms with Crippen LogP contribution in [0.15, 0.2) is 54.7 Å². The Morgan fingerprint density at radius 1 is 1.23 bits per heavy atom. The molecule has 132 valence electrons. The largest absolute Gasteiger partial charge is 0.493 e. The van der Waals surface area contributed by atoms with E-state index in [1.54, 1.807) is 18.3 Å². The Bertz CT molecular complexity index is 948. The highest BCUT2D eigenvalue weighted by molar-refractivity contribution is 6.04. The summed E-state index contributed by atoms with van der Waals surface area (Å²) < 4.78 is 11.4. The first-order valence-corrected chi connectivity index (χ1v) is 8.64. The average molecular weight is 349 g/mol. The molecular formula is C21H19NO4. The zero-order valence-corrected chi connectivity index (χ0v) is 14.2. The smallest absolute Gasteiger partial charge is 0.337 e. The van der Waals surface area contributed by atoms with E-state index in [9.17, 15) is 9.90 Å². The summed E-state index contributed by atoms with van der Waals surface area (Å²) in [6.07, 6.45) is 2.61. The van der Waals surface area contributed by atoms with Crippen molar-refractivity contribution in [2.75, 3.05) is 19.8 Å². The minimum Gasteiger partial charge on any atom is -0.493 e. The van der Waals surface area contributed by atoms with Gasteiger partial charge in [-0.2, -0.15) is 0 Å². The molecule has 1 unspecified atom stereocenters. The fourth-order valence-corrected chi connectivity index (χ4v) is 3.26. The maximum Gasteiger partial charge on any atom is 0.337 e. The number of hydrogen-bond acceptors (Lipinski definition) is 4. The van der Waals surface area contributed by atoms with E-state index in [1.165, 1.54) is 0 Å². The normalized spacial score (nSPS) is 16.7. The molecule has 0 spiro atoms. The molecular weight excluding hydrogens is 330 g/mol. The molecule has 0 saturated carbocycles. The number of ether oxygens (including phenoxy) is 2. The van der Waals surface area contributed by atoms with Crippen LogP contribution in [-0.2, 0) is 4.74 Å². The van der Waals surface area contributed by atoms with Crippen molar-refractivity contribution < 1.29 is 19.4 Å². The molecule has 0 amide bonds. The molecule has 1 saturated heterocycles. The second-order valence-electron chi connectivity index (χ2n) is 6.44. The molecule has 1 aliphatic rings. The van der Waals surface area contributed by atoms with Gasteiger partial charge in [-0.05, 0) is 36.2 Å². The van der Waals surface area contributed by atoms with Gasteiger partial charge < -0.3 is 14.6 Å². The highest BCUT2D eigenvalue weighted by atomic mass is 16.5. The Balaban J connectivity index is 1.74. The fraction of sp³-hybridized carbons (Fsp3) is 0.238. The molecule has 1 aromatic heterocycles. The number of hydrogen-bond donors (Lipinski definition) is 1. The summed E-state index contributed by atoms with van der Waals surface area (Å²) in [4.78, 5) is 15.9. The van der Waals surface area contributed by atoms with E-state index >= 15 is 0 Å². The third-order valence-corrected chi connectivity index (χ3v) is 4.63. The number of benzene rings is 2. The first-order chi connectivity index (χ1) is 12.7. The van der Waals surface area contributed by atoms with Gasteiger partial charge in [0, 0.05) is 29.7 Å². The molecule has 2 heterocycles. The molecule has 5 heteroatoms. The van der Waals surface area contributed by atoms with Crippen LogP contribution in [0.3, 0.4) is 0 Å². The molecule has 1 N–H and O–H groups in total. The maximum atomic E-state index is 11.7. The van der Waals surface area contributed by atoms with Gasteiger partial charge in [-0.15, -0.1) is 0 Å². The Kier molecular flexibility index (Phi) is 4.54. The molecule has 3 aromatic rings. The van der Waals surface area contributed by atoms with Crippen LogP contribution in [-0.4, -0.2) is 35.9 Å². The van der Waals surface area contributed by atoms with Gasteiger partial charge >= 0.3 is 5.97 Å². The number of aromatic nitrogens is 1. The minimum atomic E-state index is -0.989. The lowest BCUT2D eigenvalue weighted by Crippen LogP contribution is -2.12. The monoisotopic (exact) mass is 349 g/mol. The average Bonchev–Trinajstić information content (AvgIpc) is 3.19. The van der Waals surface area contributed by atoms with E-state index in [0.717, 1.165) is 41.9 Å². The predicted octanol–water partition coefficient (Wildman–Crippen LogP) is 4.02. The number of fused-ring (bicyclic) bond motifs is 1. The van der Waals surface area contributed by atoms with E-state index in [-0.39, 0.29) is 5.56 Å². The van der Waals surface area contributed by atoms with Gasteiger partial charge in [-0.3, -0.25) is 4.98 Å². The molecule has 0 radical (unpaired) electrons. The number of rotatable bonds is 5. The van der Waals surface area contributed by atoms with Crippen molar-refractivity contribution in [3.63, 3.8) is 0 Å². The fourth-order valence-electron chi connectivity index (χ4n) is 3.26. The second kappa shape index (κ2) is 7.14. The van der Waals surface area contributed by atoms with E-state index < -0.39 is 5.97 Å². The van der Waals surface area contributed by atoms with Crippen molar-refractivity contribution >= 4 is 16.9 Å². The van der Waals surface area contributed by atoms with Crippen LogP contribution in [0.4, 0.5) is 0 Å².